The summed E-state index contributed by atoms with van der Waals surface area (Å²) in [4.78, 5) is 14.4. The van der Waals surface area contributed by atoms with Gasteiger partial charge in [0.25, 0.3) is 0 Å². The van der Waals surface area contributed by atoms with Gasteiger partial charge >= 0.3 is 0 Å². The summed E-state index contributed by atoms with van der Waals surface area (Å²) in [6.45, 7) is 2.72. The maximum Gasteiger partial charge on any atom is 0.246 e. The molecular formula is C23H23NO3. The molecule has 0 spiro atoms. The van der Waals surface area contributed by atoms with Crippen LogP contribution in [0.15, 0.2) is 60.7 Å². The molecule has 0 atom stereocenters. The molecule has 0 unspecified atom stereocenters. The number of amides is 1. The summed E-state index contributed by atoms with van der Waals surface area (Å²) in [5, 5.41) is 0. The molecule has 0 N–H and O–H groups in total. The zero-order chi connectivity index (χ0) is 18.5. The van der Waals surface area contributed by atoms with Crippen LogP contribution in [-0.2, 0) is 4.79 Å². The number of rotatable bonds is 3. The summed E-state index contributed by atoms with van der Waals surface area (Å²) in [5.74, 6) is 1.55. The van der Waals surface area contributed by atoms with Gasteiger partial charge in [0.15, 0.2) is 11.5 Å². The van der Waals surface area contributed by atoms with Crippen LogP contribution in [0.4, 0.5) is 0 Å². The van der Waals surface area contributed by atoms with Gasteiger partial charge in [0, 0.05) is 25.6 Å². The van der Waals surface area contributed by atoms with E-state index in [0.717, 1.165) is 36.4 Å². The van der Waals surface area contributed by atoms with Gasteiger partial charge in [-0.1, -0.05) is 42.5 Å². The van der Waals surface area contributed by atoms with Crippen LogP contribution in [0.3, 0.4) is 0 Å². The molecule has 4 rings (SSSR count). The number of hydrogen-bond donors (Lipinski definition) is 0. The number of benzene rings is 2. The molecule has 4 nitrogen and oxygen atoms in total. The molecule has 0 saturated carbocycles. The number of fused-ring (bicyclic) bond motifs is 1. The molecule has 138 valence electrons. The maximum absolute atomic E-state index is 12.5. The lowest BCUT2D eigenvalue weighted by molar-refractivity contribution is -0.125. The Labute approximate surface area is 159 Å². The van der Waals surface area contributed by atoms with Crippen LogP contribution in [-0.4, -0.2) is 37.1 Å². The van der Waals surface area contributed by atoms with E-state index in [4.69, 9.17) is 9.47 Å². The van der Waals surface area contributed by atoms with Gasteiger partial charge < -0.3 is 14.4 Å². The first kappa shape index (κ1) is 17.4. The maximum atomic E-state index is 12.5. The van der Waals surface area contributed by atoms with Gasteiger partial charge in [-0.3, -0.25) is 4.79 Å². The quantitative estimate of drug-likeness (QED) is 0.770. The van der Waals surface area contributed by atoms with E-state index in [9.17, 15) is 4.79 Å². The van der Waals surface area contributed by atoms with Crippen LogP contribution in [0.2, 0.25) is 0 Å². The first-order valence-electron chi connectivity index (χ1n) is 9.41. The number of ether oxygens (including phenoxy) is 2. The lowest BCUT2D eigenvalue weighted by atomic mass is 9.99. The van der Waals surface area contributed by atoms with Crippen LogP contribution in [0, 0.1) is 0 Å². The second-order valence-electron chi connectivity index (χ2n) is 6.72. The van der Waals surface area contributed by atoms with Gasteiger partial charge in [-0.2, -0.15) is 0 Å². The molecule has 1 amide bonds. The zero-order valence-corrected chi connectivity index (χ0v) is 15.3. The van der Waals surface area contributed by atoms with Gasteiger partial charge in [0.05, 0.1) is 13.2 Å². The lowest BCUT2D eigenvalue weighted by Gasteiger charge is -2.25. The van der Waals surface area contributed by atoms with Crippen molar-refractivity contribution in [2.75, 3.05) is 26.3 Å². The fraction of sp³-hybridized carbons (Fsp3) is 0.261. The van der Waals surface area contributed by atoms with Crippen molar-refractivity contribution in [1.82, 2.24) is 4.90 Å². The van der Waals surface area contributed by atoms with Crippen LogP contribution < -0.4 is 9.47 Å². The van der Waals surface area contributed by atoms with Crippen molar-refractivity contribution in [2.24, 2.45) is 0 Å². The van der Waals surface area contributed by atoms with Crippen molar-refractivity contribution < 1.29 is 14.3 Å². The Hall–Kier alpha value is -3.01. The van der Waals surface area contributed by atoms with Crippen molar-refractivity contribution in [3.63, 3.8) is 0 Å². The number of nitrogens with zero attached hydrogens (tertiary/aromatic N) is 1. The van der Waals surface area contributed by atoms with E-state index >= 15 is 0 Å². The van der Waals surface area contributed by atoms with Gasteiger partial charge in [0.2, 0.25) is 5.91 Å². The SMILES string of the molecule is O=C(C=Cc1ccc2c(c1)OCCCO2)N1CC=C(c2ccccc2)CC1. The van der Waals surface area contributed by atoms with Gasteiger partial charge in [-0.15, -0.1) is 0 Å². The third-order valence-corrected chi connectivity index (χ3v) is 4.86. The molecule has 2 aromatic carbocycles. The first-order valence-corrected chi connectivity index (χ1v) is 9.41. The molecule has 0 saturated heterocycles. The Kier molecular flexibility index (Phi) is 5.24. The molecule has 2 aliphatic rings. The highest BCUT2D eigenvalue weighted by atomic mass is 16.5. The minimum atomic E-state index is 0.0328. The Morgan fingerprint density at radius 3 is 2.59 bits per heavy atom. The molecule has 0 fully saturated rings. The summed E-state index contributed by atoms with van der Waals surface area (Å²) in [6, 6.07) is 16.1. The van der Waals surface area contributed by atoms with Gasteiger partial charge in [-0.05, 0) is 41.3 Å². The van der Waals surface area contributed by atoms with Crippen molar-refractivity contribution >= 4 is 17.6 Å². The Morgan fingerprint density at radius 1 is 1.00 bits per heavy atom. The predicted molar refractivity (Wildman–Crippen MR) is 107 cm³/mol. The van der Waals surface area contributed by atoms with Crippen molar-refractivity contribution in [1.29, 1.82) is 0 Å². The van der Waals surface area contributed by atoms with E-state index in [1.807, 2.05) is 47.4 Å². The molecule has 0 aromatic heterocycles. The second-order valence-corrected chi connectivity index (χ2v) is 6.72. The fourth-order valence-electron chi connectivity index (χ4n) is 3.34. The van der Waals surface area contributed by atoms with Crippen LogP contribution in [0.5, 0.6) is 11.5 Å². The summed E-state index contributed by atoms with van der Waals surface area (Å²) >= 11 is 0. The van der Waals surface area contributed by atoms with Crippen molar-refractivity contribution in [2.45, 2.75) is 12.8 Å². The average molecular weight is 361 g/mol. The minimum absolute atomic E-state index is 0.0328. The molecule has 2 heterocycles. The average Bonchev–Trinajstić information content (AvgIpc) is 2.98. The standard InChI is InChI=1S/C23H23NO3/c25-23(24-13-11-20(12-14-24)19-5-2-1-3-6-19)10-8-18-7-9-21-22(17-18)27-16-4-15-26-21/h1-3,5-11,17H,4,12-16H2. The molecular weight excluding hydrogens is 338 g/mol. The van der Waals surface area contributed by atoms with E-state index in [0.29, 0.717) is 19.8 Å². The predicted octanol–water partition coefficient (Wildman–Crippen LogP) is 4.18. The minimum Gasteiger partial charge on any atom is -0.490 e. The Bertz CT molecular complexity index is 870. The first-order chi connectivity index (χ1) is 13.3. The highest BCUT2D eigenvalue weighted by Gasteiger charge is 2.16. The lowest BCUT2D eigenvalue weighted by Crippen LogP contribution is -2.33. The highest BCUT2D eigenvalue weighted by molar-refractivity contribution is 5.92. The molecule has 0 bridgehead atoms. The Balaban J connectivity index is 1.40. The summed E-state index contributed by atoms with van der Waals surface area (Å²) in [7, 11) is 0. The van der Waals surface area contributed by atoms with Crippen LogP contribution >= 0.6 is 0 Å². The zero-order valence-electron chi connectivity index (χ0n) is 15.3. The highest BCUT2D eigenvalue weighted by Crippen LogP contribution is 2.30. The van der Waals surface area contributed by atoms with Gasteiger partial charge in [-0.25, -0.2) is 0 Å². The third kappa shape index (κ3) is 4.22. The van der Waals surface area contributed by atoms with E-state index in [1.165, 1.54) is 11.1 Å². The van der Waals surface area contributed by atoms with E-state index in [1.54, 1.807) is 6.08 Å². The molecule has 2 aliphatic heterocycles. The second kappa shape index (κ2) is 8.12. The monoisotopic (exact) mass is 361 g/mol. The summed E-state index contributed by atoms with van der Waals surface area (Å²) < 4.78 is 11.3. The number of hydrogen-bond acceptors (Lipinski definition) is 3. The molecule has 0 radical (unpaired) electrons. The van der Waals surface area contributed by atoms with E-state index in [-0.39, 0.29) is 5.91 Å². The van der Waals surface area contributed by atoms with E-state index in [2.05, 4.69) is 18.2 Å². The van der Waals surface area contributed by atoms with E-state index < -0.39 is 0 Å². The fourth-order valence-corrected chi connectivity index (χ4v) is 3.34. The van der Waals surface area contributed by atoms with Crippen molar-refractivity contribution in [3.8, 4) is 11.5 Å². The normalized spacial score (nSPS) is 16.7. The van der Waals surface area contributed by atoms with Crippen LogP contribution in [0.25, 0.3) is 11.6 Å². The van der Waals surface area contributed by atoms with Crippen molar-refractivity contribution in [3.05, 3.63) is 71.8 Å². The molecule has 4 heteroatoms. The smallest absolute Gasteiger partial charge is 0.246 e. The van der Waals surface area contributed by atoms with Crippen LogP contribution in [0.1, 0.15) is 24.0 Å². The summed E-state index contributed by atoms with van der Waals surface area (Å²) in [5.41, 5.74) is 3.49. The number of carbonyl (C=O) groups excluding carboxylic acids is 1. The molecule has 0 aliphatic carbocycles. The molecule has 2 aromatic rings. The topological polar surface area (TPSA) is 38.8 Å². The Morgan fingerprint density at radius 2 is 1.81 bits per heavy atom. The summed E-state index contributed by atoms with van der Waals surface area (Å²) in [6.07, 6.45) is 7.39. The number of carbonyl (C=O) groups is 1. The molecule has 27 heavy (non-hydrogen) atoms. The largest absolute Gasteiger partial charge is 0.490 e. The third-order valence-electron chi connectivity index (χ3n) is 4.86. The van der Waals surface area contributed by atoms with Gasteiger partial charge in [0.1, 0.15) is 0 Å².